The second-order valence-corrected chi connectivity index (χ2v) is 13.5. The Balaban J connectivity index is 1.44. The molecule has 0 bridgehead atoms. The molecule has 0 saturated carbocycles. The minimum absolute atomic E-state index is 0.00444. The number of thiophene rings is 1. The Morgan fingerprint density at radius 3 is 2.47 bits per heavy atom. The maximum Gasteiger partial charge on any atom is 0.416 e. The molecule has 13 heteroatoms. The number of amides is 1. The van der Waals surface area contributed by atoms with Crippen LogP contribution in [0.2, 0.25) is 10.0 Å². The third-order valence-electron chi connectivity index (χ3n) is 8.40. The minimum atomic E-state index is -4.42. The van der Waals surface area contributed by atoms with Gasteiger partial charge in [0.1, 0.15) is 0 Å². The van der Waals surface area contributed by atoms with Crippen molar-refractivity contribution < 1.29 is 23.1 Å². The largest absolute Gasteiger partial charge is 0.416 e. The third kappa shape index (κ3) is 7.70. The number of aromatic nitrogens is 2. The van der Waals surface area contributed by atoms with E-state index in [4.69, 9.17) is 28.3 Å². The maximum absolute atomic E-state index is 13.9. The highest BCUT2D eigenvalue weighted by atomic mass is 35.5. The first kappa shape index (κ1) is 33.5. The lowest BCUT2D eigenvalue weighted by atomic mass is 10.1. The number of halogens is 5. The summed E-state index contributed by atoms with van der Waals surface area (Å²) in [5.74, 6) is 5.69. The molecule has 2 aromatic carbocycles. The van der Waals surface area contributed by atoms with E-state index in [9.17, 15) is 23.1 Å². The van der Waals surface area contributed by atoms with Crippen LogP contribution in [-0.4, -0.2) is 63.0 Å². The summed E-state index contributed by atoms with van der Waals surface area (Å²) >= 11 is 14.3. The van der Waals surface area contributed by atoms with E-state index in [0.29, 0.717) is 44.0 Å². The molecule has 2 N–H and O–H groups in total. The van der Waals surface area contributed by atoms with Gasteiger partial charge < -0.3 is 5.11 Å². The Kier molecular flexibility index (Phi) is 10.3. The number of aliphatic hydroxyl groups excluding tert-OH is 1. The van der Waals surface area contributed by atoms with Gasteiger partial charge in [-0.3, -0.25) is 15.1 Å². The van der Waals surface area contributed by atoms with E-state index >= 15 is 0 Å². The Morgan fingerprint density at radius 2 is 1.77 bits per heavy atom. The van der Waals surface area contributed by atoms with Crippen molar-refractivity contribution >= 4 is 40.4 Å². The number of carbonyl (C=O) groups excluding carboxylic acids is 1. The fraction of sp³-hybridized carbons (Fsp3) is 0.353. The van der Waals surface area contributed by atoms with E-state index in [-0.39, 0.29) is 24.2 Å². The molecule has 0 spiro atoms. The monoisotopic (exact) mass is 701 g/mol. The van der Waals surface area contributed by atoms with Crippen LogP contribution in [0.1, 0.15) is 64.2 Å². The van der Waals surface area contributed by atoms with Gasteiger partial charge in [0.05, 0.1) is 38.3 Å². The van der Waals surface area contributed by atoms with Crippen molar-refractivity contribution in [2.45, 2.75) is 50.9 Å². The van der Waals surface area contributed by atoms with Gasteiger partial charge >= 0.3 is 6.18 Å². The molecular weight excluding hydrogens is 670 g/mol. The van der Waals surface area contributed by atoms with E-state index in [1.807, 2.05) is 17.1 Å². The zero-order valence-electron chi connectivity index (χ0n) is 25.3. The fourth-order valence-electron chi connectivity index (χ4n) is 5.99. The molecule has 1 atom stereocenters. The van der Waals surface area contributed by atoms with Gasteiger partial charge in [-0.2, -0.15) is 18.3 Å². The summed E-state index contributed by atoms with van der Waals surface area (Å²) in [4.78, 5) is 17.6. The molecule has 2 aromatic heterocycles. The predicted molar refractivity (Wildman–Crippen MR) is 178 cm³/mol. The standard InChI is InChI=1S/C34H32Cl2F3N5O2S/c35-24-11-14-29(28(36)19-24)44-32(30-15-13-26(47-30)12-8-22-6-9-23(10-7-22)34(37,38)39)27(20-42-16-4-5-25(42)21-45)31(40-44)33(46)41-43-17-2-1-3-18-43/h6-7,9-11,13-15,19,25,45H,1-5,16-18,20-21H2,(H,41,46)/t25-/m0/s1. The third-order valence-corrected chi connectivity index (χ3v) is 9.95. The van der Waals surface area contributed by atoms with Crippen LogP contribution in [0.25, 0.3) is 16.3 Å². The van der Waals surface area contributed by atoms with Crippen molar-refractivity contribution in [2.24, 2.45) is 0 Å². The molecule has 246 valence electrons. The molecule has 4 heterocycles. The predicted octanol–water partition coefficient (Wildman–Crippen LogP) is 7.41. The number of hydrazine groups is 1. The molecule has 7 nitrogen and oxygen atoms in total. The zero-order valence-corrected chi connectivity index (χ0v) is 27.6. The molecule has 47 heavy (non-hydrogen) atoms. The number of aliphatic hydroxyl groups is 1. The van der Waals surface area contributed by atoms with Gasteiger partial charge in [-0.25, -0.2) is 9.69 Å². The quantitative estimate of drug-likeness (QED) is 0.196. The van der Waals surface area contributed by atoms with Crippen LogP contribution in [0.4, 0.5) is 13.2 Å². The first-order chi connectivity index (χ1) is 22.6. The molecule has 0 aliphatic carbocycles. The second kappa shape index (κ2) is 14.4. The molecular formula is C34H32Cl2F3N5O2S. The SMILES string of the molecule is O=C(NN1CCCCC1)c1nn(-c2ccc(Cl)cc2Cl)c(-c2ccc(C#Cc3ccc(C(F)(F)F)cc3)s2)c1CN1CCC[C@H]1CO. The van der Waals surface area contributed by atoms with Gasteiger partial charge in [-0.05, 0) is 86.8 Å². The van der Waals surface area contributed by atoms with Crippen molar-refractivity contribution in [1.29, 1.82) is 0 Å². The summed E-state index contributed by atoms with van der Waals surface area (Å²) in [5, 5.41) is 17.7. The normalized spacial score (nSPS) is 17.4. The summed E-state index contributed by atoms with van der Waals surface area (Å²) in [6.07, 6.45) is 0.454. The molecule has 2 aliphatic rings. The summed E-state index contributed by atoms with van der Waals surface area (Å²) in [6.45, 7) is 2.65. The highest BCUT2D eigenvalue weighted by Crippen LogP contribution is 2.38. The lowest BCUT2D eigenvalue weighted by Crippen LogP contribution is -2.45. The van der Waals surface area contributed by atoms with Crippen LogP contribution in [0.5, 0.6) is 0 Å². The number of hydrogen-bond donors (Lipinski definition) is 2. The Labute approximate surface area is 284 Å². The van der Waals surface area contributed by atoms with Crippen molar-refractivity contribution in [3.63, 3.8) is 0 Å². The molecule has 2 fully saturated rings. The van der Waals surface area contributed by atoms with Crippen LogP contribution in [0.15, 0.2) is 54.6 Å². The number of benzene rings is 2. The molecule has 0 radical (unpaired) electrons. The first-order valence-electron chi connectivity index (χ1n) is 15.4. The number of piperidine rings is 1. The molecule has 4 aromatic rings. The number of alkyl halides is 3. The number of nitrogens with zero attached hydrogens (tertiary/aromatic N) is 4. The summed E-state index contributed by atoms with van der Waals surface area (Å²) in [6, 6.07) is 13.5. The van der Waals surface area contributed by atoms with E-state index in [1.165, 1.54) is 23.5 Å². The molecule has 1 amide bonds. The van der Waals surface area contributed by atoms with Crippen molar-refractivity contribution in [3.8, 4) is 28.1 Å². The summed E-state index contributed by atoms with van der Waals surface area (Å²) in [5.41, 5.74) is 4.92. The zero-order chi connectivity index (χ0) is 33.1. The highest BCUT2D eigenvalue weighted by Gasteiger charge is 2.32. The maximum atomic E-state index is 13.9. The van der Waals surface area contributed by atoms with Gasteiger partial charge in [0.15, 0.2) is 5.69 Å². The Hall–Kier alpha value is -3.37. The Bertz CT molecular complexity index is 1810. The molecule has 6 rings (SSSR count). The Morgan fingerprint density at radius 1 is 1.00 bits per heavy atom. The minimum Gasteiger partial charge on any atom is -0.395 e. The lowest BCUT2D eigenvalue weighted by molar-refractivity contribution is -0.137. The van der Waals surface area contributed by atoms with Crippen LogP contribution in [0.3, 0.4) is 0 Å². The van der Waals surface area contributed by atoms with E-state index in [0.717, 1.165) is 68.7 Å². The number of nitrogens with one attached hydrogen (secondary N) is 1. The lowest BCUT2D eigenvalue weighted by Gasteiger charge is -2.27. The molecule has 2 aliphatic heterocycles. The van der Waals surface area contributed by atoms with Crippen LogP contribution in [-0.2, 0) is 12.7 Å². The number of carbonyl (C=O) groups is 1. The smallest absolute Gasteiger partial charge is 0.395 e. The fourth-order valence-corrected chi connectivity index (χ4v) is 7.39. The van der Waals surface area contributed by atoms with E-state index in [2.05, 4.69) is 22.2 Å². The topological polar surface area (TPSA) is 73.6 Å². The number of likely N-dealkylation sites (tertiary alicyclic amines) is 1. The van der Waals surface area contributed by atoms with Gasteiger partial charge in [0.2, 0.25) is 0 Å². The summed E-state index contributed by atoms with van der Waals surface area (Å²) in [7, 11) is 0. The molecule has 0 unspecified atom stereocenters. The highest BCUT2D eigenvalue weighted by molar-refractivity contribution is 7.16. The summed E-state index contributed by atoms with van der Waals surface area (Å²) < 4.78 is 40.7. The van der Waals surface area contributed by atoms with Gasteiger partial charge in [-0.1, -0.05) is 41.5 Å². The molecule has 2 saturated heterocycles. The average molecular weight is 703 g/mol. The average Bonchev–Trinajstić information content (AvgIpc) is 3.79. The van der Waals surface area contributed by atoms with Crippen molar-refractivity contribution in [1.82, 2.24) is 25.1 Å². The van der Waals surface area contributed by atoms with E-state index < -0.39 is 11.7 Å². The van der Waals surface area contributed by atoms with Gasteiger partial charge in [0, 0.05) is 41.8 Å². The van der Waals surface area contributed by atoms with Crippen molar-refractivity contribution in [2.75, 3.05) is 26.2 Å². The van der Waals surface area contributed by atoms with Crippen LogP contribution < -0.4 is 5.43 Å². The van der Waals surface area contributed by atoms with E-state index in [1.54, 1.807) is 22.9 Å². The second-order valence-electron chi connectivity index (χ2n) is 11.6. The van der Waals surface area contributed by atoms with Gasteiger partial charge in [0.25, 0.3) is 5.91 Å². The van der Waals surface area contributed by atoms with Crippen LogP contribution in [0, 0.1) is 11.8 Å². The van der Waals surface area contributed by atoms with Gasteiger partial charge in [-0.15, -0.1) is 11.3 Å². The number of hydrogen-bond acceptors (Lipinski definition) is 6. The number of rotatable bonds is 7. The first-order valence-corrected chi connectivity index (χ1v) is 17.0. The van der Waals surface area contributed by atoms with Crippen LogP contribution >= 0.6 is 34.5 Å². The van der Waals surface area contributed by atoms with Crippen molar-refractivity contribution in [3.05, 3.63) is 91.9 Å².